The third-order valence-corrected chi connectivity index (χ3v) is 5.35. The molecule has 0 N–H and O–H groups in total. The summed E-state index contributed by atoms with van der Waals surface area (Å²) in [7, 11) is 0. The number of imidazole rings is 1. The number of benzene rings is 1. The lowest BCUT2D eigenvalue weighted by Gasteiger charge is -2.07. The molecule has 3 heterocycles. The van der Waals surface area contributed by atoms with Gasteiger partial charge in [0.05, 0.1) is 5.69 Å². The Balaban J connectivity index is 1.44. The number of hydrogen-bond donors (Lipinski definition) is 0. The maximum absolute atomic E-state index is 4.65. The van der Waals surface area contributed by atoms with Crippen molar-refractivity contribution in [3.8, 4) is 0 Å². The van der Waals surface area contributed by atoms with Gasteiger partial charge in [-0.25, -0.2) is 4.98 Å². The van der Waals surface area contributed by atoms with E-state index in [1.807, 2.05) is 34.9 Å². The Kier molecular flexibility index (Phi) is 5.02. The van der Waals surface area contributed by atoms with Gasteiger partial charge in [-0.05, 0) is 31.0 Å². The average Bonchev–Trinajstić information content (AvgIpc) is 3.28. The Hall–Kier alpha value is -2.60. The molecule has 0 atom stereocenters. The summed E-state index contributed by atoms with van der Waals surface area (Å²) in [6.45, 7) is 3.02. The van der Waals surface area contributed by atoms with Crippen molar-refractivity contribution >= 4 is 17.4 Å². The zero-order valence-electron chi connectivity index (χ0n) is 14.7. The number of hydrogen-bond acceptors (Lipinski definition) is 4. The molecular formula is C20H21N5S. The van der Waals surface area contributed by atoms with Crippen LogP contribution in [0.1, 0.15) is 24.0 Å². The summed E-state index contributed by atoms with van der Waals surface area (Å²) >= 11 is 1.70. The van der Waals surface area contributed by atoms with Crippen LogP contribution in [0.25, 0.3) is 5.65 Å². The molecule has 132 valence electrons. The highest BCUT2D eigenvalue weighted by atomic mass is 32.2. The second-order valence-electron chi connectivity index (χ2n) is 6.12. The van der Waals surface area contributed by atoms with E-state index in [1.54, 1.807) is 11.8 Å². The van der Waals surface area contributed by atoms with Crippen molar-refractivity contribution in [1.82, 2.24) is 24.1 Å². The summed E-state index contributed by atoms with van der Waals surface area (Å²) in [5, 5.41) is 9.80. The molecule has 4 rings (SSSR count). The second kappa shape index (κ2) is 7.74. The summed E-state index contributed by atoms with van der Waals surface area (Å²) in [6, 6.07) is 16.6. The van der Waals surface area contributed by atoms with Gasteiger partial charge in [0.1, 0.15) is 11.5 Å². The van der Waals surface area contributed by atoms with Gasteiger partial charge in [-0.1, -0.05) is 48.2 Å². The number of fused-ring (bicyclic) bond motifs is 1. The summed E-state index contributed by atoms with van der Waals surface area (Å²) in [4.78, 5) is 4.65. The van der Waals surface area contributed by atoms with E-state index in [0.29, 0.717) is 0 Å². The van der Waals surface area contributed by atoms with Crippen LogP contribution in [0.5, 0.6) is 0 Å². The predicted molar refractivity (Wildman–Crippen MR) is 104 cm³/mol. The zero-order chi connectivity index (χ0) is 17.8. The molecule has 0 saturated carbocycles. The summed E-state index contributed by atoms with van der Waals surface area (Å²) in [5.74, 6) is 1.84. The van der Waals surface area contributed by atoms with E-state index < -0.39 is 0 Å². The summed E-state index contributed by atoms with van der Waals surface area (Å²) in [5.41, 5.74) is 3.36. The molecule has 0 bridgehead atoms. The van der Waals surface area contributed by atoms with E-state index in [2.05, 4.69) is 57.1 Å². The van der Waals surface area contributed by atoms with Gasteiger partial charge in [0, 0.05) is 31.1 Å². The normalized spacial score (nSPS) is 11.3. The van der Waals surface area contributed by atoms with E-state index in [1.165, 1.54) is 5.56 Å². The molecule has 5 nitrogen and oxygen atoms in total. The second-order valence-corrected chi connectivity index (χ2v) is 7.06. The molecule has 3 aromatic heterocycles. The largest absolute Gasteiger partial charge is 0.307 e. The molecule has 0 radical (unpaired) electrons. The first-order valence-electron chi connectivity index (χ1n) is 8.85. The Bertz CT molecular complexity index is 957. The third-order valence-electron chi connectivity index (χ3n) is 4.35. The van der Waals surface area contributed by atoms with Crippen LogP contribution in [-0.4, -0.2) is 24.1 Å². The van der Waals surface area contributed by atoms with Crippen LogP contribution in [0.2, 0.25) is 0 Å². The SMILES string of the molecule is CCn1c(CCc2ccccc2)nnc1SCc1cn2ccccc2n1. The molecule has 0 saturated heterocycles. The predicted octanol–water partition coefficient (Wildman–Crippen LogP) is 4.02. The lowest BCUT2D eigenvalue weighted by molar-refractivity contribution is 0.637. The molecule has 0 unspecified atom stereocenters. The first kappa shape index (κ1) is 16.8. The van der Waals surface area contributed by atoms with Gasteiger partial charge in [-0.2, -0.15) is 0 Å². The highest BCUT2D eigenvalue weighted by Crippen LogP contribution is 2.22. The van der Waals surface area contributed by atoms with E-state index in [4.69, 9.17) is 0 Å². The maximum Gasteiger partial charge on any atom is 0.191 e. The Labute approximate surface area is 157 Å². The van der Waals surface area contributed by atoms with Crippen molar-refractivity contribution in [2.24, 2.45) is 0 Å². The van der Waals surface area contributed by atoms with Crippen LogP contribution < -0.4 is 0 Å². The van der Waals surface area contributed by atoms with Gasteiger partial charge in [0.2, 0.25) is 0 Å². The highest BCUT2D eigenvalue weighted by molar-refractivity contribution is 7.98. The minimum atomic E-state index is 0.790. The number of aryl methyl sites for hydroxylation is 2. The number of aromatic nitrogens is 5. The van der Waals surface area contributed by atoms with Crippen LogP contribution in [0.15, 0.2) is 66.1 Å². The fourth-order valence-electron chi connectivity index (χ4n) is 3.02. The number of rotatable bonds is 7. The number of thioether (sulfide) groups is 1. The molecule has 0 amide bonds. The van der Waals surface area contributed by atoms with Gasteiger partial charge < -0.3 is 8.97 Å². The minimum absolute atomic E-state index is 0.790. The van der Waals surface area contributed by atoms with Gasteiger partial charge >= 0.3 is 0 Å². The van der Waals surface area contributed by atoms with E-state index in [9.17, 15) is 0 Å². The van der Waals surface area contributed by atoms with Crippen LogP contribution in [0.3, 0.4) is 0 Å². The van der Waals surface area contributed by atoms with Crippen LogP contribution in [0, 0.1) is 0 Å². The van der Waals surface area contributed by atoms with Crippen molar-refractivity contribution in [2.45, 2.75) is 37.2 Å². The quantitative estimate of drug-likeness (QED) is 0.465. The molecular weight excluding hydrogens is 342 g/mol. The molecule has 4 aromatic rings. The Morgan fingerprint density at radius 2 is 1.81 bits per heavy atom. The zero-order valence-corrected chi connectivity index (χ0v) is 15.6. The topological polar surface area (TPSA) is 48.0 Å². The minimum Gasteiger partial charge on any atom is -0.307 e. The van der Waals surface area contributed by atoms with E-state index in [0.717, 1.165) is 47.5 Å². The fourth-order valence-corrected chi connectivity index (χ4v) is 3.93. The molecule has 26 heavy (non-hydrogen) atoms. The molecule has 0 aliphatic heterocycles. The molecule has 1 aromatic carbocycles. The third kappa shape index (κ3) is 3.65. The van der Waals surface area contributed by atoms with Gasteiger partial charge in [0.15, 0.2) is 5.16 Å². The maximum atomic E-state index is 4.65. The van der Waals surface area contributed by atoms with Crippen LogP contribution >= 0.6 is 11.8 Å². The molecule has 6 heteroatoms. The Morgan fingerprint density at radius 1 is 0.962 bits per heavy atom. The number of nitrogens with zero attached hydrogens (tertiary/aromatic N) is 5. The molecule has 0 aliphatic rings. The van der Waals surface area contributed by atoms with Gasteiger partial charge in [-0.3, -0.25) is 0 Å². The van der Waals surface area contributed by atoms with Gasteiger partial charge in [-0.15, -0.1) is 10.2 Å². The van der Waals surface area contributed by atoms with Crippen LogP contribution in [0.4, 0.5) is 0 Å². The van der Waals surface area contributed by atoms with Gasteiger partial charge in [0.25, 0.3) is 0 Å². The van der Waals surface area contributed by atoms with Crippen molar-refractivity contribution in [3.63, 3.8) is 0 Å². The summed E-state index contributed by atoms with van der Waals surface area (Å²) < 4.78 is 4.26. The molecule has 0 aliphatic carbocycles. The number of pyridine rings is 1. The van der Waals surface area contributed by atoms with E-state index >= 15 is 0 Å². The standard InChI is InChI=1S/C20H21N5S/c1-2-25-19(12-11-16-8-4-3-5-9-16)22-23-20(25)26-15-17-14-24-13-7-6-10-18(24)21-17/h3-10,13-14H,2,11-12,15H2,1H3. The Morgan fingerprint density at radius 3 is 2.62 bits per heavy atom. The molecule has 0 spiro atoms. The lowest BCUT2D eigenvalue weighted by atomic mass is 10.1. The average molecular weight is 363 g/mol. The summed E-state index contributed by atoms with van der Waals surface area (Å²) in [6.07, 6.45) is 5.98. The van der Waals surface area contributed by atoms with E-state index in [-0.39, 0.29) is 0 Å². The smallest absolute Gasteiger partial charge is 0.191 e. The fraction of sp³-hybridized carbons (Fsp3) is 0.250. The van der Waals surface area contributed by atoms with Crippen molar-refractivity contribution < 1.29 is 0 Å². The highest BCUT2D eigenvalue weighted by Gasteiger charge is 2.12. The lowest BCUT2D eigenvalue weighted by Crippen LogP contribution is -2.05. The first-order chi connectivity index (χ1) is 12.8. The molecule has 0 fully saturated rings. The van der Waals surface area contributed by atoms with Crippen molar-refractivity contribution in [1.29, 1.82) is 0 Å². The van der Waals surface area contributed by atoms with Crippen LogP contribution in [-0.2, 0) is 25.1 Å². The monoisotopic (exact) mass is 363 g/mol. The van der Waals surface area contributed by atoms with Crippen molar-refractivity contribution in [2.75, 3.05) is 0 Å². The first-order valence-corrected chi connectivity index (χ1v) is 9.83. The van der Waals surface area contributed by atoms with Crippen molar-refractivity contribution in [3.05, 3.63) is 78.0 Å².